The summed E-state index contributed by atoms with van der Waals surface area (Å²) in [6, 6.07) is 11.1. The molecule has 0 radical (unpaired) electrons. The summed E-state index contributed by atoms with van der Waals surface area (Å²) in [5.74, 6) is -3.18. The largest absolute Gasteiger partial charge is 0.370 e. The van der Waals surface area contributed by atoms with Crippen LogP contribution in [-0.2, 0) is 27.5 Å². The van der Waals surface area contributed by atoms with Gasteiger partial charge in [0.15, 0.2) is 5.69 Å². The summed E-state index contributed by atoms with van der Waals surface area (Å²) in [6.07, 6.45) is -0.172. The maximum atomic E-state index is 14.0. The normalized spacial score (nSPS) is 10.8. The molecule has 0 aliphatic carbocycles. The zero-order valence-electron chi connectivity index (χ0n) is 18.0. The van der Waals surface area contributed by atoms with Crippen molar-refractivity contribution in [3.05, 3.63) is 64.6 Å². The van der Waals surface area contributed by atoms with E-state index >= 15 is 0 Å². The van der Waals surface area contributed by atoms with Crippen molar-refractivity contribution in [3.8, 4) is 0 Å². The summed E-state index contributed by atoms with van der Waals surface area (Å²) in [6.45, 7) is -0.983. The Morgan fingerprint density at radius 1 is 1.09 bits per heavy atom. The third kappa shape index (κ3) is 5.87. The van der Waals surface area contributed by atoms with E-state index < -0.39 is 36.0 Å². The quantitative estimate of drug-likeness (QED) is 0.387. The number of nitrogens with one attached hydrogen (secondary N) is 1. The van der Waals surface area contributed by atoms with Crippen LogP contribution < -0.4 is 16.8 Å². The van der Waals surface area contributed by atoms with E-state index in [0.717, 1.165) is 4.90 Å². The first-order valence-electron chi connectivity index (χ1n) is 10.2. The molecule has 0 bridgehead atoms. The molecule has 3 rings (SSSR count). The van der Waals surface area contributed by atoms with Crippen LogP contribution in [-0.4, -0.2) is 51.4 Å². The van der Waals surface area contributed by atoms with Crippen LogP contribution in [0.5, 0.6) is 0 Å². The molecule has 0 saturated carbocycles. The van der Waals surface area contributed by atoms with Crippen molar-refractivity contribution in [1.29, 1.82) is 0 Å². The minimum atomic E-state index is -0.749. The van der Waals surface area contributed by atoms with E-state index in [1.165, 1.54) is 16.8 Å². The molecule has 0 saturated heterocycles. The predicted octanol–water partition coefficient (Wildman–Crippen LogP) is 0.948. The van der Waals surface area contributed by atoms with Crippen molar-refractivity contribution in [2.75, 3.05) is 13.1 Å². The number of para-hydroxylation sites is 1. The van der Waals surface area contributed by atoms with E-state index in [9.17, 15) is 23.6 Å². The zero-order valence-corrected chi connectivity index (χ0v) is 18.7. The highest BCUT2D eigenvalue weighted by Gasteiger charge is 2.22. The van der Waals surface area contributed by atoms with Crippen molar-refractivity contribution in [1.82, 2.24) is 20.0 Å². The third-order valence-electron chi connectivity index (χ3n) is 5.00. The molecule has 5 N–H and O–H groups in total. The van der Waals surface area contributed by atoms with E-state index in [0.29, 0.717) is 10.9 Å². The lowest BCUT2D eigenvalue weighted by Gasteiger charge is -2.22. The summed E-state index contributed by atoms with van der Waals surface area (Å²) in [5, 5.41) is 7.05. The summed E-state index contributed by atoms with van der Waals surface area (Å²) < 4.78 is 15.3. The molecule has 0 aliphatic heterocycles. The van der Waals surface area contributed by atoms with Crippen molar-refractivity contribution < 1.29 is 23.6 Å². The first-order chi connectivity index (χ1) is 16.2. The van der Waals surface area contributed by atoms with Gasteiger partial charge in [-0.2, -0.15) is 5.10 Å². The summed E-state index contributed by atoms with van der Waals surface area (Å²) in [5.41, 5.74) is 11.3. The number of halogens is 2. The van der Waals surface area contributed by atoms with E-state index in [4.69, 9.17) is 23.1 Å². The van der Waals surface area contributed by atoms with Crippen LogP contribution >= 0.6 is 11.6 Å². The van der Waals surface area contributed by atoms with Crippen molar-refractivity contribution in [2.24, 2.45) is 11.5 Å². The predicted molar refractivity (Wildman–Crippen MR) is 122 cm³/mol. The molecule has 2 aromatic carbocycles. The van der Waals surface area contributed by atoms with Crippen LogP contribution in [0.4, 0.5) is 4.39 Å². The first kappa shape index (κ1) is 24.6. The fraction of sp³-hybridized carbons (Fsp3) is 0.227. The van der Waals surface area contributed by atoms with Gasteiger partial charge in [0.25, 0.3) is 5.91 Å². The van der Waals surface area contributed by atoms with E-state index in [-0.39, 0.29) is 42.3 Å². The molecule has 0 atom stereocenters. The SMILES string of the molecule is NC(=O)CCN(CC(=O)NCc1cccc(Cl)c1F)C(=O)Cn1nc(C(N)=O)c2ccccc21. The van der Waals surface area contributed by atoms with Gasteiger partial charge in [-0.3, -0.25) is 23.9 Å². The van der Waals surface area contributed by atoms with Gasteiger partial charge in [0, 0.05) is 30.5 Å². The zero-order chi connectivity index (χ0) is 24.8. The molecule has 0 unspecified atom stereocenters. The van der Waals surface area contributed by atoms with Gasteiger partial charge in [0.2, 0.25) is 17.7 Å². The molecule has 10 nitrogen and oxygen atoms in total. The average molecular weight is 489 g/mol. The van der Waals surface area contributed by atoms with E-state index in [2.05, 4.69) is 10.4 Å². The number of nitrogens with zero attached hydrogens (tertiary/aromatic N) is 3. The van der Waals surface area contributed by atoms with Crippen molar-refractivity contribution >= 4 is 46.1 Å². The average Bonchev–Trinajstić information content (AvgIpc) is 3.16. The summed E-state index contributed by atoms with van der Waals surface area (Å²) in [7, 11) is 0. The van der Waals surface area contributed by atoms with E-state index in [1.807, 2.05) is 0 Å². The van der Waals surface area contributed by atoms with Gasteiger partial charge >= 0.3 is 0 Å². The number of hydrogen-bond acceptors (Lipinski definition) is 5. The van der Waals surface area contributed by atoms with Crippen LogP contribution in [0.25, 0.3) is 10.9 Å². The lowest BCUT2D eigenvalue weighted by Crippen LogP contribution is -2.43. The molecule has 0 spiro atoms. The maximum Gasteiger partial charge on any atom is 0.269 e. The molecule has 178 valence electrons. The molecule has 12 heteroatoms. The van der Waals surface area contributed by atoms with Gasteiger partial charge in [0.05, 0.1) is 17.1 Å². The Hall–Kier alpha value is -3.99. The number of carbonyl (C=O) groups is 4. The fourth-order valence-electron chi connectivity index (χ4n) is 3.30. The van der Waals surface area contributed by atoms with E-state index in [1.54, 1.807) is 30.3 Å². The second kappa shape index (κ2) is 10.8. The van der Waals surface area contributed by atoms with Gasteiger partial charge in [-0.1, -0.05) is 41.9 Å². The molecule has 0 fully saturated rings. The summed E-state index contributed by atoms with van der Waals surface area (Å²) >= 11 is 5.74. The molecule has 1 aromatic heterocycles. The van der Waals surface area contributed by atoms with Gasteiger partial charge in [-0.05, 0) is 12.1 Å². The minimum absolute atomic E-state index is 0.00776. The monoisotopic (exact) mass is 488 g/mol. The maximum absolute atomic E-state index is 14.0. The number of primary amides is 2. The molecular formula is C22H22ClFN6O4. The van der Waals surface area contributed by atoms with Crippen LogP contribution in [0.1, 0.15) is 22.5 Å². The van der Waals surface area contributed by atoms with Gasteiger partial charge in [-0.25, -0.2) is 4.39 Å². The Morgan fingerprint density at radius 3 is 2.53 bits per heavy atom. The molecule has 1 heterocycles. The number of benzene rings is 2. The van der Waals surface area contributed by atoms with Gasteiger partial charge in [-0.15, -0.1) is 0 Å². The molecule has 4 amide bonds. The number of aromatic nitrogens is 2. The molecule has 3 aromatic rings. The number of carbonyl (C=O) groups excluding carboxylic acids is 4. The molecule has 0 aliphatic rings. The number of amides is 4. The van der Waals surface area contributed by atoms with Crippen LogP contribution in [0.3, 0.4) is 0 Å². The Kier molecular flexibility index (Phi) is 7.79. The second-order valence-corrected chi connectivity index (χ2v) is 7.82. The molecule has 34 heavy (non-hydrogen) atoms. The lowest BCUT2D eigenvalue weighted by molar-refractivity contribution is -0.137. The molecular weight excluding hydrogens is 467 g/mol. The van der Waals surface area contributed by atoms with Crippen LogP contribution in [0.15, 0.2) is 42.5 Å². The lowest BCUT2D eigenvalue weighted by atomic mass is 10.2. The van der Waals surface area contributed by atoms with Crippen LogP contribution in [0, 0.1) is 5.82 Å². The second-order valence-electron chi connectivity index (χ2n) is 7.41. The Bertz CT molecular complexity index is 1260. The van der Waals surface area contributed by atoms with Crippen LogP contribution in [0.2, 0.25) is 5.02 Å². The highest BCUT2D eigenvalue weighted by atomic mass is 35.5. The Balaban J connectivity index is 1.74. The topological polar surface area (TPSA) is 153 Å². The number of rotatable bonds is 10. The summed E-state index contributed by atoms with van der Waals surface area (Å²) in [4.78, 5) is 49.6. The van der Waals surface area contributed by atoms with Gasteiger partial charge in [0.1, 0.15) is 12.4 Å². The Morgan fingerprint density at radius 2 is 1.82 bits per heavy atom. The standard InChI is InChI=1S/C22H22ClFN6O4/c23-15-6-3-4-13(20(15)24)10-27-18(32)11-29(9-8-17(25)31)19(33)12-30-16-7-2-1-5-14(16)21(28-30)22(26)34/h1-7H,8-12H2,(H2,25,31)(H2,26,34)(H,27,32). The number of nitrogens with two attached hydrogens (primary N) is 2. The highest BCUT2D eigenvalue weighted by molar-refractivity contribution is 6.30. The number of hydrogen-bond donors (Lipinski definition) is 3. The fourth-order valence-corrected chi connectivity index (χ4v) is 3.50. The highest BCUT2D eigenvalue weighted by Crippen LogP contribution is 2.19. The van der Waals surface area contributed by atoms with Gasteiger partial charge < -0.3 is 21.7 Å². The number of fused-ring (bicyclic) bond motifs is 1. The third-order valence-corrected chi connectivity index (χ3v) is 5.29. The smallest absolute Gasteiger partial charge is 0.269 e. The minimum Gasteiger partial charge on any atom is -0.370 e. The first-order valence-corrected chi connectivity index (χ1v) is 10.6. The van der Waals surface area contributed by atoms with Crippen molar-refractivity contribution in [2.45, 2.75) is 19.5 Å². The van der Waals surface area contributed by atoms with Crippen molar-refractivity contribution in [3.63, 3.8) is 0 Å². The Labute approximate surface area is 198 Å².